The SMILES string of the molecule is O=C(Nc1c(F)c(F)cc(F)c1F)c1ccc(Br)c(F)c1. The molecule has 2 rings (SSSR count). The number of benzene rings is 2. The molecule has 110 valence electrons. The second kappa shape index (κ2) is 5.80. The summed E-state index contributed by atoms with van der Waals surface area (Å²) in [5.74, 6) is -8.73. The number of nitrogens with one attached hydrogen (secondary N) is 1. The molecular formula is C13H5BrF5NO. The Morgan fingerprint density at radius 2 is 1.48 bits per heavy atom. The Hall–Kier alpha value is -1.96. The average molecular weight is 366 g/mol. The molecule has 0 bridgehead atoms. The fourth-order valence-electron chi connectivity index (χ4n) is 1.51. The van der Waals surface area contributed by atoms with Gasteiger partial charge in [0.1, 0.15) is 11.5 Å². The smallest absolute Gasteiger partial charge is 0.255 e. The lowest BCUT2D eigenvalue weighted by atomic mass is 10.2. The molecule has 0 saturated heterocycles. The summed E-state index contributed by atoms with van der Waals surface area (Å²) in [5, 5.41) is 1.67. The van der Waals surface area contributed by atoms with Crippen LogP contribution in [0.25, 0.3) is 0 Å². The molecule has 0 aliphatic carbocycles. The monoisotopic (exact) mass is 365 g/mol. The zero-order valence-corrected chi connectivity index (χ0v) is 11.6. The second-order valence-corrected chi connectivity index (χ2v) is 4.78. The lowest BCUT2D eigenvalue weighted by molar-refractivity contribution is 0.102. The van der Waals surface area contributed by atoms with Crippen LogP contribution < -0.4 is 5.32 Å². The van der Waals surface area contributed by atoms with Crippen LogP contribution in [0.1, 0.15) is 10.4 Å². The number of amides is 1. The molecule has 1 N–H and O–H groups in total. The van der Waals surface area contributed by atoms with Gasteiger partial charge in [0.05, 0.1) is 4.47 Å². The standard InChI is InChI=1S/C13H5BrF5NO/c14-6-2-1-5(3-7(6)15)13(21)20-12-10(18)8(16)4-9(17)11(12)19/h1-4H,(H,20,21). The van der Waals surface area contributed by atoms with Crippen molar-refractivity contribution in [1.82, 2.24) is 0 Å². The maximum Gasteiger partial charge on any atom is 0.255 e. The third kappa shape index (κ3) is 3.05. The minimum Gasteiger partial charge on any atom is -0.317 e. The minimum absolute atomic E-state index is 0.0135. The Balaban J connectivity index is 2.38. The van der Waals surface area contributed by atoms with Crippen molar-refractivity contribution < 1.29 is 26.7 Å². The first kappa shape index (κ1) is 15.4. The molecule has 0 unspecified atom stereocenters. The Morgan fingerprint density at radius 3 is 2.00 bits per heavy atom. The van der Waals surface area contributed by atoms with E-state index in [4.69, 9.17) is 0 Å². The Morgan fingerprint density at radius 1 is 0.905 bits per heavy atom. The van der Waals surface area contributed by atoms with E-state index in [1.54, 1.807) is 5.32 Å². The summed E-state index contributed by atoms with van der Waals surface area (Å²) in [6.07, 6.45) is 0. The van der Waals surface area contributed by atoms with E-state index in [0.29, 0.717) is 0 Å². The van der Waals surface area contributed by atoms with Crippen LogP contribution in [0.3, 0.4) is 0 Å². The molecule has 1 amide bonds. The van der Waals surface area contributed by atoms with Gasteiger partial charge < -0.3 is 5.32 Å². The molecule has 8 heteroatoms. The number of hydrogen-bond acceptors (Lipinski definition) is 1. The maximum atomic E-state index is 13.4. The van der Waals surface area contributed by atoms with Crippen molar-refractivity contribution in [2.75, 3.05) is 5.32 Å². The predicted molar refractivity (Wildman–Crippen MR) is 68.3 cm³/mol. The first-order chi connectivity index (χ1) is 9.81. The van der Waals surface area contributed by atoms with Crippen LogP contribution >= 0.6 is 15.9 Å². The first-order valence-corrected chi connectivity index (χ1v) is 6.20. The van der Waals surface area contributed by atoms with Crippen LogP contribution in [0.2, 0.25) is 0 Å². The summed E-state index contributed by atoms with van der Waals surface area (Å²) in [7, 11) is 0. The van der Waals surface area contributed by atoms with E-state index in [1.165, 1.54) is 6.07 Å². The van der Waals surface area contributed by atoms with Crippen LogP contribution in [-0.2, 0) is 0 Å². The van der Waals surface area contributed by atoms with E-state index in [2.05, 4.69) is 15.9 Å². The zero-order valence-electron chi connectivity index (χ0n) is 9.99. The molecule has 0 fully saturated rings. The van der Waals surface area contributed by atoms with Crippen molar-refractivity contribution in [2.24, 2.45) is 0 Å². The molecule has 2 aromatic rings. The molecule has 0 aliphatic heterocycles. The van der Waals surface area contributed by atoms with Crippen LogP contribution in [0.4, 0.5) is 27.6 Å². The van der Waals surface area contributed by atoms with Crippen LogP contribution in [0, 0.1) is 29.1 Å². The highest BCUT2D eigenvalue weighted by Crippen LogP contribution is 2.25. The summed E-state index contributed by atoms with van der Waals surface area (Å²) < 4.78 is 66.1. The van der Waals surface area contributed by atoms with Gasteiger partial charge in [-0.25, -0.2) is 22.0 Å². The van der Waals surface area contributed by atoms with Gasteiger partial charge in [-0.1, -0.05) is 0 Å². The summed E-state index contributed by atoms with van der Waals surface area (Å²) in [4.78, 5) is 11.7. The number of carbonyl (C=O) groups excluding carboxylic acids is 1. The Kier molecular flexibility index (Phi) is 4.26. The molecule has 0 heterocycles. The van der Waals surface area contributed by atoms with Crippen molar-refractivity contribution in [3.63, 3.8) is 0 Å². The number of halogens is 6. The van der Waals surface area contributed by atoms with Gasteiger partial charge >= 0.3 is 0 Å². The fraction of sp³-hybridized carbons (Fsp3) is 0. The zero-order chi connectivity index (χ0) is 15.7. The topological polar surface area (TPSA) is 29.1 Å². The highest BCUT2D eigenvalue weighted by molar-refractivity contribution is 9.10. The highest BCUT2D eigenvalue weighted by Gasteiger charge is 2.21. The van der Waals surface area contributed by atoms with Crippen molar-refractivity contribution >= 4 is 27.5 Å². The third-order valence-electron chi connectivity index (χ3n) is 2.53. The van der Waals surface area contributed by atoms with Crippen molar-refractivity contribution in [3.8, 4) is 0 Å². The van der Waals surface area contributed by atoms with Crippen LogP contribution in [0.15, 0.2) is 28.7 Å². The number of anilines is 1. The number of carbonyl (C=O) groups is 1. The van der Waals surface area contributed by atoms with Gasteiger partial charge in [0.2, 0.25) is 0 Å². The predicted octanol–water partition coefficient (Wildman–Crippen LogP) is 4.40. The lowest BCUT2D eigenvalue weighted by Crippen LogP contribution is -2.16. The highest BCUT2D eigenvalue weighted by atomic mass is 79.9. The maximum absolute atomic E-state index is 13.4. The first-order valence-electron chi connectivity index (χ1n) is 5.40. The minimum atomic E-state index is -1.75. The number of hydrogen-bond donors (Lipinski definition) is 1. The van der Waals surface area contributed by atoms with Gasteiger partial charge in [0.25, 0.3) is 5.91 Å². The second-order valence-electron chi connectivity index (χ2n) is 3.93. The lowest BCUT2D eigenvalue weighted by Gasteiger charge is -2.09. The molecule has 2 nitrogen and oxygen atoms in total. The van der Waals surface area contributed by atoms with Crippen molar-refractivity contribution in [1.29, 1.82) is 0 Å². The van der Waals surface area contributed by atoms with E-state index < -0.39 is 40.7 Å². The van der Waals surface area contributed by atoms with Gasteiger partial charge in [-0.2, -0.15) is 0 Å². The molecule has 21 heavy (non-hydrogen) atoms. The molecule has 0 saturated carbocycles. The van der Waals surface area contributed by atoms with Gasteiger partial charge in [0.15, 0.2) is 23.3 Å². The summed E-state index contributed by atoms with van der Waals surface area (Å²) >= 11 is 2.86. The van der Waals surface area contributed by atoms with E-state index in [-0.39, 0.29) is 16.1 Å². The third-order valence-corrected chi connectivity index (χ3v) is 3.18. The summed E-state index contributed by atoms with van der Waals surface area (Å²) in [5.41, 5.74) is -1.56. The van der Waals surface area contributed by atoms with E-state index in [0.717, 1.165) is 12.1 Å². The average Bonchev–Trinajstić information content (AvgIpc) is 2.44. The molecule has 0 spiro atoms. The Labute approximate surface area is 123 Å². The normalized spacial score (nSPS) is 10.6. The largest absolute Gasteiger partial charge is 0.317 e. The van der Waals surface area contributed by atoms with E-state index in [1.807, 2.05) is 0 Å². The van der Waals surface area contributed by atoms with Gasteiger partial charge in [-0.15, -0.1) is 0 Å². The van der Waals surface area contributed by atoms with Gasteiger partial charge in [0, 0.05) is 11.6 Å². The quantitative estimate of drug-likeness (QED) is 0.620. The van der Waals surface area contributed by atoms with Crippen molar-refractivity contribution in [2.45, 2.75) is 0 Å². The van der Waals surface area contributed by atoms with Crippen LogP contribution in [0.5, 0.6) is 0 Å². The van der Waals surface area contributed by atoms with E-state index in [9.17, 15) is 26.7 Å². The molecule has 0 radical (unpaired) electrons. The van der Waals surface area contributed by atoms with Crippen LogP contribution in [-0.4, -0.2) is 5.91 Å². The van der Waals surface area contributed by atoms with Crippen molar-refractivity contribution in [3.05, 3.63) is 63.4 Å². The molecule has 0 aromatic heterocycles. The molecule has 0 aliphatic rings. The van der Waals surface area contributed by atoms with Gasteiger partial charge in [-0.3, -0.25) is 4.79 Å². The summed E-state index contributed by atoms with van der Waals surface area (Å²) in [6, 6.07) is 3.17. The molecular weight excluding hydrogens is 361 g/mol. The molecule has 2 aromatic carbocycles. The Bertz CT molecular complexity index is 709. The summed E-state index contributed by atoms with van der Waals surface area (Å²) in [6.45, 7) is 0. The fourth-order valence-corrected chi connectivity index (χ4v) is 1.75. The van der Waals surface area contributed by atoms with Gasteiger partial charge in [-0.05, 0) is 34.1 Å². The van der Waals surface area contributed by atoms with E-state index >= 15 is 0 Å². The number of rotatable bonds is 2. The molecule has 0 atom stereocenters.